The zero-order chi connectivity index (χ0) is 37.5. The van der Waals surface area contributed by atoms with Crippen molar-refractivity contribution in [3.8, 4) is 11.5 Å². The lowest BCUT2D eigenvalue weighted by molar-refractivity contribution is -0.168. The number of aliphatic hydroxyl groups excluding tert-OH is 1. The number of phenols is 1. The van der Waals surface area contributed by atoms with Crippen molar-refractivity contribution in [1.82, 2.24) is 20.1 Å². The number of nitrogens with zero attached hydrogens (tertiary/aromatic N) is 2. The Morgan fingerprint density at radius 1 is 0.926 bits per heavy atom. The molecule has 11 heteroatoms. The smallest absolute Gasteiger partial charge is 0.317 e. The zero-order valence-electron chi connectivity index (χ0n) is 30.9. The van der Waals surface area contributed by atoms with Crippen LogP contribution in [0.2, 0.25) is 0 Å². The molecule has 4 aliphatic heterocycles. The van der Waals surface area contributed by atoms with Gasteiger partial charge >= 0.3 is 5.97 Å². The summed E-state index contributed by atoms with van der Waals surface area (Å²) >= 11 is 0. The molecule has 0 saturated carbocycles. The lowest BCUT2D eigenvalue weighted by atomic mass is 9.72. The Hall–Kier alpha value is -4.71. The number of benzene rings is 3. The number of piperidine rings is 4. The van der Waals surface area contributed by atoms with Crippen LogP contribution >= 0.6 is 0 Å². The molecule has 2 atom stereocenters. The highest BCUT2D eigenvalue weighted by Crippen LogP contribution is 2.39. The number of rotatable bonds is 15. The van der Waals surface area contributed by atoms with Gasteiger partial charge in [-0.3, -0.25) is 19.3 Å². The predicted octanol–water partition coefficient (Wildman–Crippen LogP) is 4.85. The van der Waals surface area contributed by atoms with E-state index in [4.69, 9.17) is 9.47 Å². The van der Waals surface area contributed by atoms with Crippen molar-refractivity contribution in [3.05, 3.63) is 106 Å². The van der Waals surface area contributed by atoms with Crippen LogP contribution in [0.4, 0.5) is 0 Å². The van der Waals surface area contributed by atoms with E-state index in [0.29, 0.717) is 61.5 Å². The molecule has 54 heavy (non-hydrogen) atoms. The fraction of sp³-hybridized carbons (Fsp3) is 0.465. The van der Waals surface area contributed by atoms with Gasteiger partial charge in [-0.05, 0) is 111 Å². The lowest BCUT2D eigenvalue weighted by Gasteiger charge is -2.46. The summed E-state index contributed by atoms with van der Waals surface area (Å²) in [7, 11) is 0. The highest BCUT2D eigenvalue weighted by Gasteiger charge is 2.47. The molecule has 8 rings (SSSR count). The van der Waals surface area contributed by atoms with E-state index in [1.807, 2.05) is 59.5 Å². The number of pyridine rings is 1. The number of unbranched alkanes of at least 4 members (excludes halogenated alkanes) is 2. The second kappa shape index (κ2) is 17.2. The number of H-pyrrole nitrogens is 1. The molecule has 286 valence electrons. The van der Waals surface area contributed by atoms with Crippen LogP contribution in [0.3, 0.4) is 0 Å². The van der Waals surface area contributed by atoms with Gasteiger partial charge in [0.05, 0.1) is 30.1 Å². The summed E-state index contributed by atoms with van der Waals surface area (Å²) in [5, 5.41) is 24.7. The molecule has 2 bridgehead atoms. The second-order valence-electron chi connectivity index (χ2n) is 15.1. The van der Waals surface area contributed by atoms with Crippen LogP contribution in [-0.4, -0.2) is 95.4 Å². The van der Waals surface area contributed by atoms with Crippen molar-refractivity contribution in [2.45, 2.75) is 69.0 Å². The van der Waals surface area contributed by atoms with Crippen molar-refractivity contribution < 1.29 is 29.3 Å². The van der Waals surface area contributed by atoms with Gasteiger partial charge in [0.25, 0.3) is 0 Å². The van der Waals surface area contributed by atoms with Gasteiger partial charge in [-0.25, -0.2) is 0 Å². The molecule has 4 aliphatic rings. The third-order valence-corrected chi connectivity index (χ3v) is 11.7. The summed E-state index contributed by atoms with van der Waals surface area (Å²) < 4.78 is 12.3. The van der Waals surface area contributed by atoms with Gasteiger partial charge in [-0.15, -0.1) is 0 Å². The first-order chi connectivity index (χ1) is 26.3. The Balaban J connectivity index is 0.833. The summed E-state index contributed by atoms with van der Waals surface area (Å²) in [6.07, 6.45) is 5.41. The van der Waals surface area contributed by atoms with Gasteiger partial charge in [0.15, 0.2) is 0 Å². The second-order valence-corrected chi connectivity index (χ2v) is 15.1. The average Bonchev–Trinajstić information content (AvgIpc) is 3.20. The molecule has 4 saturated heterocycles. The molecule has 1 aromatic heterocycles. The summed E-state index contributed by atoms with van der Waals surface area (Å²) in [5.74, 6) is 1.06. The first-order valence-corrected chi connectivity index (χ1v) is 19.5. The molecule has 2 unspecified atom stereocenters. The van der Waals surface area contributed by atoms with Gasteiger partial charge in [-0.1, -0.05) is 48.5 Å². The van der Waals surface area contributed by atoms with Gasteiger partial charge < -0.3 is 34.9 Å². The molecular weight excluding hydrogens is 684 g/mol. The van der Waals surface area contributed by atoms with Crippen LogP contribution < -0.4 is 15.6 Å². The number of ether oxygens (including phenoxy) is 2. The standard InChI is InChI=1S/C43H52N4O7/c48-36-14-12-34(35-13-15-39(50)45-41(35)36)37(49)28-44-20-5-2-6-25-53-33-11-7-8-30(26-33)27-40(51)47-23-18-43(19-24-47,32-9-3-1-4-10-32)42(52)54-38-29-46-21-16-31(38)17-22-46/h1,3-4,7-15,26,31,37-38,44,48-49H,2,5-6,16-25,27-29H2,(H,45,50). The minimum atomic E-state index is -0.789. The maximum absolute atomic E-state index is 14.0. The molecule has 3 aromatic carbocycles. The van der Waals surface area contributed by atoms with E-state index in [9.17, 15) is 24.6 Å². The number of hydrogen-bond donors (Lipinski definition) is 4. The molecule has 0 spiro atoms. The maximum Gasteiger partial charge on any atom is 0.317 e. The van der Waals surface area contributed by atoms with Gasteiger partial charge in [-0.2, -0.15) is 0 Å². The third-order valence-electron chi connectivity index (χ3n) is 11.7. The topological polar surface area (TPSA) is 144 Å². The van der Waals surface area contributed by atoms with Gasteiger partial charge in [0, 0.05) is 37.6 Å². The number of nitrogens with one attached hydrogen (secondary N) is 2. The van der Waals surface area contributed by atoms with Crippen LogP contribution in [0.1, 0.15) is 67.7 Å². The number of aromatic nitrogens is 1. The fourth-order valence-electron chi connectivity index (χ4n) is 8.45. The molecule has 4 fully saturated rings. The van der Waals surface area contributed by atoms with Crippen molar-refractivity contribution in [3.63, 3.8) is 0 Å². The predicted molar refractivity (Wildman–Crippen MR) is 207 cm³/mol. The maximum atomic E-state index is 14.0. The number of phenolic OH excluding ortho intramolecular Hbond substituents is 1. The van der Waals surface area contributed by atoms with Crippen LogP contribution in [-0.2, 0) is 26.2 Å². The van der Waals surface area contributed by atoms with Crippen molar-refractivity contribution >= 4 is 22.8 Å². The van der Waals surface area contributed by atoms with Crippen LogP contribution in [0, 0.1) is 5.92 Å². The summed E-state index contributed by atoms with van der Waals surface area (Å²) in [5.41, 5.74) is 1.78. The van der Waals surface area contributed by atoms with Gasteiger partial charge in [0.1, 0.15) is 17.6 Å². The third kappa shape index (κ3) is 8.64. The Labute approximate surface area is 316 Å². The average molecular weight is 737 g/mol. The molecule has 4 N–H and O–H groups in total. The number of aromatic hydroxyl groups is 1. The zero-order valence-corrected chi connectivity index (χ0v) is 30.9. The number of carbonyl (C=O) groups excluding carboxylic acids is 2. The van der Waals surface area contributed by atoms with Gasteiger partial charge in [0.2, 0.25) is 11.5 Å². The normalized spacial score (nSPS) is 21.1. The lowest BCUT2D eigenvalue weighted by Crippen LogP contribution is -2.55. The van der Waals surface area contributed by atoms with E-state index in [1.165, 1.54) is 12.1 Å². The Morgan fingerprint density at radius 2 is 1.72 bits per heavy atom. The SMILES string of the molecule is O=C(Cc1cccc(OCCCCCNCC(O)c2ccc(O)c3[nH]c(=O)ccc23)c1)N1CCC(C(=O)OC2CN3CCC2CC3)(c2ccccc2)CC1. The Bertz CT molecular complexity index is 1950. The van der Waals surface area contributed by atoms with Crippen LogP contribution in [0.15, 0.2) is 83.7 Å². The molecule has 0 aliphatic carbocycles. The summed E-state index contributed by atoms with van der Waals surface area (Å²) in [6.45, 7) is 5.65. The molecule has 1 amide bonds. The summed E-state index contributed by atoms with van der Waals surface area (Å²) in [6, 6.07) is 23.9. The van der Waals surface area contributed by atoms with Crippen molar-refractivity contribution in [1.29, 1.82) is 0 Å². The molecule has 11 nitrogen and oxygen atoms in total. The number of fused-ring (bicyclic) bond motifs is 4. The van der Waals surface area contributed by atoms with E-state index in [1.54, 1.807) is 12.1 Å². The summed E-state index contributed by atoms with van der Waals surface area (Å²) in [4.78, 5) is 46.1. The number of carbonyl (C=O) groups is 2. The minimum absolute atomic E-state index is 0.0301. The van der Waals surface area contributed by atoms with E-state index >= 15 is 0 Å². The molecule has 5 heterocycles. The van der Waals surface area contributed by atoms with E-state index in [2.05, 4.69) is 15.2 Å². The van der Waals surface area contributed by atoms with Crippen molar-refractivity contribution in [2.75, 3.05) is 52.4 Å². The van der Waals surface area contributed by atoms with E-state index in [0.717, 1.165) is 75.2 Å². The number of amides is 1. The first kappa shape index (κ1) is 37.6. The van der Waals surface area contributed by atoms with Crippen molar-refractivity contribution in [2.24, 2.45) is 5.92 Å². The van der Waals surface area contributed by atoms with E-state index < -0.39 is 11.5 Å². The molecule has 0 radical (unpaired) electrons. The minimum Gasteiger partial charge on any atom is -0.506 e. The molecular formula is C43H52N4O7. The largest absolute Gasteiger partial charge is 0.506 e. The monoisotopic (exact) mass is 736 g/mol. The number of esters is 1. The Morgan fingerprint density at radius 3 is 2.48 bits per heavy atom. The molecule has 4 aromatic rings. The van der Waals surface area contributed by atoms with E-state index in [-0.39, 0.29) is 35.7 Å². The fourth-order valence-corrected chi connectivity index (χ4v) is 8.45. The highest BCUT2D eigenvalue weighted by molar-refractivity contribution is 5.87. The number of likely N-dealkylation sites (tertiary alicyclic amines) is 1. The van der Waals surface area contributed by atoms with Crippen LogP contribution in [0.25, 0.3) is 10.9 Å². The number of aromatic amines is 1. The first-order valence-electron chi connectivity index (χ1n) is 19.5. The number of aliphatic hydroxyl groups is 1. The Kier molecular flexibility index (Phi) is 12.0. The van der Waals surface area contributed by atoms with Crippen LogP contribution in [0.5, 0.6) is 11.5 Å². The quantitative estimate of drug-likeness (QED) is 0.0996. The number of hydrogen-bond acceptors (Lipinski definition) is 9. The highest BCUT2D eigenvalue weighted by atomic mass is 16.5.